The Labute approximate surface area is 155 Å². The summed E-state index contributed by atoms with van der Waals surface area (Å²) in [6.07, 6.45) is 4.97. The fourth-order valence-electron chi connectivity index (χ4n) is 3.82. The van der Waals surface area contributed by atoms with Crippen LogP contribution in [-0.4, -0.2) is 34.8 Å². The zero-order chi connectivity index (χ0) is 18.9. The molecule has 2 amide bonds. The van der Waals surface area contributed by atoms with E-state index in [1.807, 2.05) is 31.7 Å². The Hall–Kier alpha value is -2.11. The van der Waals surface area contributed by atoms with Crippen molar-refractivity contribution >= 4 is 11.8 Å². The van der Waals surface area contributed by atoms with E-state index in [0.717, 1.165) is 24.1 Å². The Morgan fingerprint density at radius 2 is 2.04 bits per heavy atom. The highest BCUT2D eigenvalue weighted by atomic mass is 16.5. The van der Waals surface area contributed by atoms with Gasteiger partial charge < -0.3 is 15.0 Å². The quantitative estimate of drug-likeness (QED) is 0.877. The van der Waals surface area contributed by atoms with E-state index >= 15 is 0 Å². The number of hydrogen-bond acceptors (Lipinski definition) is 4. The first-order valence-electron chi connectivity index (χ1n) is 9.43. The van der Waals surface area contributed by atoms with E-state index in [-0.39, 0.29) is 17.2 Å². The van der Waals surface area contributed by atoms with Crippen LogP contribution in [0.15, 0.2) is 6.07 Å². The lowest BCUT2D eigenvalue weighted by Crippen LogP contribution is -2.33. The number of carbonyl (C=O) groups excluding carboxylic acids is 2. The normalized spacial score (nSPS) is 17.5. The monoisotopic (exact) mass is 359 g/mol. The summed E-state index contributed by atoms with van der Waals surface area (Å²) < 4.78 is 5.41. The second kappa shape index (κ2) is 7.25. The summed E-state index contributed by atoms with van der Waals surface area (Å²) >= 11 is 0. The number of methoxy groups -OCH3 is 1. The van der Waals surface area contributed by atoms with E-state index < -0.39 is 0 Å². The number of nitrogens with one attached hydrogen (secondary N) is 1. The highest BCUT2D eigenvalue weighted by Crippen LogP contribution is 2.33. The van der Waals surface area contributed by atoms with Gasteiger partial charge in [-0.2, -0.15) is 0 Å². The number of pyridine rings is 1. The zero-order valence-electron chi connectivity index (χ0n) is 16.2. The number of amides is 2. The molecule has 0 unspecified atom stereocenters. The van der Waals surface area contributed by atoms with Crippen LogP contribution in [0.25, 0.3) is 0 Å². The summed E-state index contributed by atoms with van der Waals surface area (Å²) in [4.78, 5) is 31.4. The molecule has 1 saturated carbocycles. The van der Waals surface area contributed by atoms with Gasteiger partial charge in [-0.15, -0.1) is 0 Å². The van der Waals surface area contributed by atoms with E-state index in [2.05, 4.69) is 10.3 Å². The Morgan fingerprint density at radius 1 is 1.35 bits per heavy atom. The van der Waals surface area contributed by atoms with E-state index in [0.29, 0.717) is 37.0 Å². The van der Waals surface area contributed by atoms with Gasteiger partial charge in [0.05, 0.1) is 24.9 Å². The highest BCUT2D eigenvalue weighted by molar-refractivity contribution is 5.98. The van der Waals surface area contributed by atoms with E-state index in [1.54, 1.807) is 7.11 Å². The van der Waals surface area contributed by atoms with Gasteiger partial charge in [0.2, 0.25) is 11.8 Å². The highest BCUT2D eigenvalue weighted by Gasteiger charge is 2.35. The van der Waals surface area contributed by atoms with Crippen LogP contribution in [-0.2, 0) is 17.9 Å². The molecule has 2 heterocycles. The molecule has 1 aromatic heterocycles. The average Bonchev–Trinajstić information content (AvgIpc) is 3.19. The van der Waals surface area contributed by atoms with E-state index in [1.165, 1.54) is 12.8 Å². The molecule has 0 aromatic carbocycles. The number of fused-ring (bicyclic) bond motifs is 1. The summed E-state index contributed by atoms with van der Waals surface area (Å²) in [6.45, 7) is 6.96. The number of hydrogen-bond donors (Lipinski definition) is 1. The number of nitrogens with zero attached hydrogens (tertiary/aromatic N) is 2. The fraction of sp³-hybridized carbons (Fsp3) is 0.650. The zero-order valence-corrected chi connectivity index (χ0v) is 16.2. The third-order valence-corrected chi connectivity index (χ3v) is 5.08. The topological polar surface area (TPSA) is 71.5 Å². The second-order valence-electron chi connectivity index (χ2n) is 8.54. The smallest absolute Gasteiger partial charge is 0.256 e. The molecular formula is C20H29N3O3. The van der Waals surface area contributed by atoms with Gasteiger partial charge in [-0.3, -0.25) is 9.59 Å². The first kappa shape index (κ1) is 18.7. The van der Waals surface area contributed by atoms with Crippen LogP contribution in [0.1, 0.15) is 74.5 Å². The third kappa shape index (κ3) is 4.00. The van der Waals surface area contributed by atoms with Gasteiger partial charge in [0.15, 0.2) is 0 Å². The molecular weight excluding hydrogens is 330 g/mol. The lowest BCUT2D eigenvalue weighted by molar-refractivity contribution is -0.122. The first-order valence-corrected chi connectivity index (χ1v) is 9.43. The maximum Gasteiger partial charge on any atom is 0.256 e. The molecule has 142 valence electrons. The molecule has 2 aliphatic rings. The van der Waals surface area contributed by atoms with Crippen molar-refractivity contribution < 1.29 is 14.3 Å². The lowest BCUT2D eigenvalue weighted by Gasteiger charge is -2.22. The minimum Gasteiger partial charge on any atom is -0.481 e. The SMILES string of the molecule is COc1nc2c(cc1CNC(=O)CC(C)(C)C)C(=O)N(C1CCCC1)C2. The largest absolute Gasteiger partial charge is 0.481 e. The standard InChI is InChI=1S/C20H29N3O3/c1-20(2,3)10-17(24)21-11-13-9-15-16(22-18(13)26-4)12-23(19(15)25)14-7-5-6-8-14/h9,14H,5-8,10-12H2,1-4H3,(H,21,24). The van der Waals surface area contributed by atoms with Gasteiger partial charge >= 0.3 is 0 Å². The average molecular weight is 359 g/mol. The Balaban J connectivity index is 1.75. The maximum absolute atomic E-state index is 12.8. The van der Waals surface area contributed by atoms with Crippen molar-refractivity contribution in [1.29, 1.82) is 0 Å². The van der Waals surface area contributed by atoms with Crippen LogP contribution in [0.4, 0.5) is 0 Å². The van der Waals surface area contributed by atoms with Crippen molar-refractivity contribution in [2.24, 2.45) is 5.41 Å². The molecule has 6 nitrogen and oxygen atoms in total. The molecule has 1 aromatic rings. The van der Waals surface area contributed by atoms with Crippen molar-refractivity contribution in [3.05, 3.63) is 22.9 Å². The van der Waals surface area contributed by atoms with Crippen molar-refractivity contribution in [1.82, 2.24) is 15.2 Å². The lowest BCUT2D eigenvalue weighted by atomic mass is 9.92. The van der Waals surface area contributed by atoms with Gasteiger partial charge in [-0.1, -0.05) is 33.6 Å². The predicted molar refractivity (Wildman–Crippen MR) is 98.8 cm³/mol. The molecule has 6 heteroatoms. The minimum atomic E-state index is -0.0674. The summed E-state index contributed by atoms with van der Waals surface area (Å²) in [6, 6.07) is 2.17. The number of carbonyl (C=O) groups is 2. The van der Waals surface area contributed by atoms with E-state index in [4.69, 9.17) is 4.74 Å². The maximum atomic E-state index is 12.8. The molecule has 1 N–H and O–H groups in total. The van der Waals surface area contributed by atoms with Crippen molar-refractivity contribution in [2.45, 2.75) is 72.0 Å². The Bertz CT molecular complexity index is 703. The van der Waals surface area contributed by atoms with Crippen molar-refractivity contribution in [2.75, 3.05) is 7.11 Å². The Morgan fingerprint density at radius 3 is 2.65 bits per heavy atom. The van der Waals surface area contributed by atoms with Crippen LogP contribution < -0.4 is 10.1 Å². The van der Waals surface area contributed by atoms with Crippen LogP contribution in [0.3, 0.4) is 0 Å². The molecule has 0 saturated heterocycles. The molecule has 0 atom stereocenters. The molecule has 0 spiro atoms. The van der Waals surface area contributed by atoms with Crippen molar-refractivity contribution in [3.63, 3.8) is 0 Å². The molecule has 0 bridgehead atoms. The van der Waals surface area contributed by atoms with Gasteiger partial charge in [0, 0.05) is 24.6 Å². The molecule has 1 fully saturated rings. The minimum absolute atomic E-state index is 0.0149. The molecule has 1 aliphatic heterocycles. The summed E-state index contributed by atoms with van der Waals surface area (Å²) in [5.74, 6) is 0.532. The van der Waals surface area contributed by atoms with Crippen molar-refractivity contribution in [3.8, 4) is 5.88 Å². The van der Waals surface area contributed by atoms with Gasteiger partial charge in [0.25, 0.3) is 5.91 Å². The van der Waals surface area contributed by atoms with Gasteiger partial charge in [-0.25, -0.2) is 4.98 Å². The van der Waals surface area contributed by atoms with Crippen LogP contribution in [0.2, 0.25) is 0 Å². The number of ether oxygens (including phenoxy) is 1. The number of rotatable bonds is 5. The van der Waals surface area contributed by atoms with Gasteiger partial charge in [-0.05, 0) is 24.3 Å². The molecule has 1 aliphatic carbocycles. The molecule has 3 rings (SSSR count). The summed E-state index contributed by atoms with van der Waals surface area (Å²) in [5.41, 5.74) is 2.11. The van der Waals surface area contributed by atoms with Crippen LogP contribution >= 0.6 is 0 Å². The number of aromatic nitrogens is 1. The molecule has 0 radical (unpaired) electrons. The Kier molecular flexibility index (Phi) is 5.21. The van der Waals surface area contributed by atoms with Crippen LogP contribution in [0.5, 0.6) is 5.88 Å². The third-order valence-electron chi connectivity index (χ3n) is 5.08. The van der Waals surface area contributed by atoms with Crippen LogP contribution in [0, 0.1) is 5.41 Å². The van der Waals surface area contributed by atoms with E-state index in [9.17, 15) is 9.59 Å². The van der Waals surface area contributed by atoms with Gasteiger partial charge in [0.1, 0.15) is 0 Å². The summed E-state index contributed by atoms with van der Waals surface area (Å²) in [5, 5.41) is 2.92. The second-order valence-corrected chi connectivity index (χ2v) is 8.54. The summed E-state index contributed by atoms with van der Waals surface area (Å²) in [7, 11) is 1.57. The fourth-order valence-corrected chi connectivity index (χ4v) is 3.82. The predicted octanol–water partition coefficient (Wildman–Crippen LogP) is 3.04. The first-order chi connectivity index (χ1) is 12.3. The molecule has 26 heavy (non-hydrogen) atoms.